The van der Waals surface area contributed by atoms with E-state index in [0.29, 0.717) is 12.3 Å². The van der Waals surface area contributed by atoms with Crippen LogP contribution in [0.15, 0.2) is 0 Å². The van der Waals surface area contributed by atoms with E-state index in [4.69, 9.17) is 5.73 Å². The zero-order valence-corrected chi connectivity index (χ0v) is 9.83. The van der Waals surface area contributed by atoms with E-state index in [1.165, 1.54) is 19.4 Å². The second kappa shape index (κ2) is 6.08. The van der Waals surface area contributed by atoms with E-state index in [-0.39, 0.29) is 11.9 Å². The highest BCUT2D eigenvalue weighted by atomic mass is 16.2. The topological polar surface area (TPSA) is 58.4 Å². The fourth-order valence-corrected chi connectivity index (χ4v) is 2.00. The van der Waals surface area contributed by atoms with Crippen LogP contribution in [0.1, 0.15) is 26.2 Å². The minimum atomic E-state index is -0.341. The summed E-state index contributed by atoms with van der Waals surface area (Å²) in [5, 5.41) is 2.93. The van der Waals surface area contributed by atoms with E-state index in [9.17, 15) is 4.79 Å². The SMILES string of the molecule is CC[C@@H](N)C(=O)NCC1CCCN(C)C1. The van der Waals surface area contributed by atoms with Crippen molar-refractivity contribution in [2.75, 3.05) is 26.7 Å². The molecule has 1 fully saturated rings. The Morgan fingerprint density at radius 2 is 2.40 bits per heavy atom. The van der Waals surface area contributed by atoms with Gasteiger partial charge in [0.15, 0.2) is 0 Å². The predicted molar refractivity (Wildman–Crippen MR) is 61.5 cm³/mol. The van der Waals surface area contributed by atoms with Crippen LogP contribution < -0.4 is 11.1 Å². The second-order valence-electron chi connectivity index (χ2n) is 4.53. The van der Waals surface area contributed by atoms with Crippen molar-refractivity contribution in [2.45, 2.75) is 32.2 Å². The van der Waals surface area contributed by atoms with Crippen LogP contribution in [0.5, 0.6) is 0 Å². The van der Waals surface area contributed by atoms with Gasteiger partial charge in [-0.15, -0.1) is 0 Å². The fourth-order valence-electron chi connectivity index (χ4n) is 2.00. The Labute approximate surface area is 92.2 Å². The summed E-state index contributed by atoms with van der Waals surface area (Å²) < 4.78 is 0. The summed E-state index contributed by atoms with van der Waals surface area (Å²) in [5.41, 5.74) is 5.64. The van der Waals surface area contributed by atoms with Crippen LogP contribution in [0.3, 0.4) is 0 Å². The van der Waals surface area contributed by atoms with Gasteiger partial charge in [-0.05, 0) is 38.8 Å². The summed E-state index contributed by atoms with van der Waals surface area (Å²) in [4.78, 5) is 13.8. The minimum absolute atomic E-state index is 0.00859. The molecule has 1 aliphatic rings. The summed E-state index contributed by atoms with van der Waals surface area (Å²) in [5.74, 6) is 0.586. The monoisotopic (exact) mass is 213 g/mol. The summed E-state index contributed by atoms with van der Waals surface area (Å²) in [6, 6.07) is -0.341. The van der Waals surface area contributed by atoms with Gasteiger partial charge in [0.25, 0.3) is 0 Å². The highest BCUT2D eigenvalue weighted by molar-refractivity contribution is 5.81. The molecule has 4 nitrogen and oxygen atoms in total. The summed E-state index contributed by atoms with van der Waals surface area (Å²) in [6.45, 7) is 4.97. The van der Waals surface area contributed by atoms with Gasteiger partial charge in [0.2, 0.25) is 5.91 Å². The average Bonchev–Trinajstić information content (AvgIpc) is 2.25. The maximum absolute atomic E-state index is 11.4. The van der Waals surface area contributed by atoms with Crippen LogP contribution >= 0.6 is 0 Å². The molecule has 88 valence electrons. The van der Waals surface area contributed by atoms with Gasteiger partial charge in [0, 0.05) is 13.1 Å². The molecule has 0 aromatic rings. The highest BCUT2D eigenvalue weighted by Crippen LogP contribution is 2.13. The van der Waals surface area contributed by atoms with Crippen LogP contribution in [0.2, 0.25) is 0 Å². The van der Waals surface area contributed by atoms with Crippen LogP contribution in [0.4, 0.5) is 0 Å². The average molecular weight is 213 g/mol. The number of piperidine rings is 1. The van der Waals surface area contributed by atoms with Crippen LogP contribution in [-0.4, -0.2) is 43.5 Å². The lowest BCUT2D eigenvalue weighted by Crippen LogP contribution is -2.44. The Balaban J connectivity index is 2.21. The van der Waals surface area contributed by atoms with Gasteiger partial charge in [0.05, 0.1) is 6.04 Å². The first-order valence-corrected chi connectivity index (χ1v) is 5.85. The van der Waals surface area contributed by atoms with Crippen LogP contribution in [0.25, 0.3) is 0 Å². The zero-order valence-electron chi connectivity index (χ0n) is 9.83. The number of amides is 1. The molecule has 0 spiro atoms. The smallest absolute Gasteiger partial charge is 0.236 e. The molecular formula is C11H23N3O. The molecule has 4 heteroatoms. The standard InChI is InChI=1S/C11H23N3O/c1-3-10(12)11(15)13-7-9-5-4-6-14(2)8-9/h9-10H,3-8,12H2,1-2H3,(H,13,15)/t9?,10-/m1/s1. The fraction of sp³-hybridized carbons (Fsp3) is 0.909. The third-order valence-electron chi connectivity index (χ3n) is 3.06. The molecule has 15 heavy (non-hydrogen) atoms. The molecule has 3 N–H and O–H groups in total. The van der Waals surface area contributed by atoms with Crippen molar-refractivity contribution in [3.63, 3.8) is 0 Å². The molecule has 0 aromatic heterocycles. The predicted octanol–water partition coefficient (Wildman–Crippen LogP) is 0.182. The maximum atomic E-state index is 11.4. The molecule has 0 aromatic carbocycles. The Kier molecular flexibility index (Phi) is 5.05. The van der Waals surface area contributed by atoms with Crippen LogP contribution in [0, 0.1) is 5.92 Å². The van der Waals surface area contributed by atoms with Crippen molar-refractivity contribution in [1.82, 2.24) is 10.2 Å². The van der Waals surface area contributed by atoms with E-state index in [2.05, 4.69) is 17.3 Å². The lowest BCUT2D eigenvalue weighted by atomic mass is 9.98. The van der Waals surface area contributed by atoms with Gasteiger partial charge in [0.1, 0.15) is 0 Å². The number of hydrogen-bond donors (Lipinski definition) is 2. The Bertz CT molecular complexity index is 208. The van der Waals surface area contributed by atoms with Gasteiger partial charge in [-0.25, -0.2) is 0 Å². The largest absolute Gasteiger partial charge is 0.354 e. The van der Waals surface area contributed by atoms with E-state index >= 15 is 0 Å². The molecule has 0 radical (unpaired) electrons. The van der Waals surface area contributed by atoms with Crippen LogP contribution in [-0.2, 0) is 4.79 Å². The molecule has 0 saturated carbocycles. The van der Waals surface area contributed by atoms with Gasteiger partial charge in [-0.3, -0.25) is 4.79 Å². The lowest BCUT2D eigenvalue weighted by Gasteiger charge is -2.29. The van der Waals surface area contributed by atoms with Gasteiger partial charge in [-0.2, -0.15) is 0 Å². The van der Waals surface area contributed by atoms with Crippen molar-refractivity contribution in [3.05, 3.63) is 0 Å². The first kappa shape index (κ1) is 12.5. The second-order valence-corrected chi connectivity index (χ2v) is 4.53. The first-order chi connectivity index (χ1) is 7.13. The maximum Gasteiger partial charge on any atom is 0.236 e. The molecule has 1 aliphatic heterocycles. The molecule has 1 heterocycles. The number of carbonyl (C=O) groups is 1. The van der Waals surface area contributed by atoms with E-state index in [1.807, 2.05) is 6.92 Å². The number of likely N-dealkylation sites (tertiary alicyclic amines) is 1. The highest BCUT2D eigenvalue weighted by Gasteiger charge is 2.18. The molecule has 2 atom stereocenters. The lowest BCUT2D eigenvalue weighted by molar-refractivity contribution is -0.122. The molecule has 0 aliphatic carbocycles. The number of nitrogens with zero attached hydrogens (tertiary/aromatic N) is 1. The number of hydrogen-bond acceptors (Lipinski definition) is 3. The Morgan fingerprint density at radius 3 is 3.00 bits per heavy atom. The molecule has 1 amide bonds. The number of rotatable bonds is 4. The van der Waals surface area contributed by atoms with Gasteiger partial charge >= 0.3 is 0 Å². The van der Waals surface area contributed by atoms with Crippen molar-refractivity contribution in [1.29, 1.82) is 0 Å². The summed E-state index contributed by atoms with van der Waals surface area (Å²) in [6.07, 6.45) is 3.15. The number of carbonyl (C=O) groups excluding carboxylic acids is 1. The van der Waals surface area contributed by atoms with Crippen molar-refractivity contribution in [3.8, 4) is 0 Å². The third-order valence-corrected chi connectivity index (χ3v) is 3.06. The minimum Gasteiger partial charge on any atom is -0.354 e. The molecule has 0 bridgehead atoms. The van der Waals surface area contributed by atoms with Gasteiger partial charge in [-0.1, -0.05) is 6.92 Å². The molecule has 1 rings (SSSR count). The van der Waals surface area contributed by atoms with E-state index in [0.717, 1.165) is 13.1 Å². The van der Waals surface area contributed by atoms with Crippen molar-refractivity contribution >= 4 is 5.91 Å². The number of nitrogens with one attached hydrogen (secondary N) is 1. The molecular weight excluding hydrogens is 190 g/mol. The Hall–Kier alpha value is -0.610. The summed E-state index contributed by atoms with van der Waals surface area (Å²) in [7, 11) is 2.13. The molecule has 1 saturated heterocycles. The third kappa shape index (κ3) is 4.18. The quantitative estimate of drug-likeness (QED) is 0.700. The summed E-state index contributed by atoms with van der Waals surface area (Å²) >= 11 is 0. The first-order valence-electron chi connectivity index (χ1n) is 5.85. The zero-order chi connectivity index (χ0) is 11.3. The molecule has 1 unspecified atom stereocenters. The van der Waals surface area contributed by atoms with Crippen molar-refractivity contribution in [2.24, 2.45) is 11.7 Å². The van der Waals surface area contributed by atoms with E-state index in [1.54, 1.807) is 0 Å². The van der Waals surface area contributed by atoms with Crippen molar-refractivity contribution < 1.29 is 4.79 Å². The normalized spacial score (nSPS) is 24.9. The van der Waals surface area contributed by atoms with E-state index < -0.39 is 0 Å². The Morgan fingerprint density at radius 1 is 1.67 bits per heavy atom. The number of nitrogens with two attached hydrogens (primary N) is 1. The van der Waals surface area contributed by atoms with Gasteiger partial charge < -0.3 is 16.0 Å².